The number of rotatable bonds is 6. The third kappa shape index (κ3) is 6.15. The molecule has 0 aliphatic carbocycles. The van der Waals surface area contributed by atoms with Crippen LogP contribution in [0, 0.1) is 3.57 Å². The van der Waals surface area contributed by atoms with Gasteiger partial charge >= 0.3 is 0 Å². The number of nitrogens with one attached hydrogen (secondary N) is 1. The Labute approximate surface area is 107 Å². The van der Waals surface area contributed by atoms with Crippen molar-refractivity contribution in [1.29, 1.82) is 0 Å². The fourth-order valence-electron chi connectivity index (χ4n) is 1.50. The van der Waals surface area contributed by atoms with Crippen molar-refractivity contribution >= 4 is 22.6 Å². The van der Waals surface area contributed by atoms with Crippen LogP contribution in [0.3, 0.4) is 0 Å². The van der Waals surface area contributed by atoms with Crippen LogP contribution in [0.25, 0.3) is 0 Å². The first-order valence-electron chi connectivity index (χ1n) is 5.66. The van der Waals surface area contributed by atoms with Crippen molar-refractivity contribution in [2.75, 3.05) is 6.54 Å². The second kappa shape index (κ2) is 7.23. The fraction of sp³-hybridized carbons (Fsp3) is 0.538. The Bertz CT molecular complexity index is 266. The van der Waals surface area contributed by atoms with Gasteiger partial charge in [-0.2, -0.15) is 0 Å². The first kappa shape index (κ1) is 13.0. The van der Waals surface area contributed by atoms with Crippen molar-refractivity contribution in [3.63, 3.8) is 0 Å². The molecule has 0 heterocycles. The first-order chi connectivity index (χ1) is 7.18. The molecule has 0 aliphatic rings. The topological polar surface area (TPSA) is 12.0 Å². The highest BCUT2D eigenvalue weighted by Crippen LogP contribution is 2.09. The van der Waals surface area contributed by atoms with Gasteiger partial charge in [-0.3, -0.25) is 0 Å². The summed E-state index contributed by atoms with van der Waals surface area (Å²) < 4.78 is 1.32. The zero-order chi connectivity index (χ0) is 11.1. The van der Waals surface area contributed by atoms with Crippen LogP contribution in [0.15, 0.2) is 24.3 Å². The van der Waals surface area contributed by atoms with E-state index in [4.69, 9.17) is 0 Å². The second-order valence-electron chi connectivity index (χ2n) is 4.19. The lowest BCUT2D eigenvalue weighted by molar-refractivity contribution is 0.557. The number of unbranched alkanes of at least 4 members (excludes halogenated alkanes) is 1. The summed E-state index contributed by atoms with van der Waals surface area (Å²) in [7, 11) is 0. The van der Waals surface area contributed by atoms with Crippen molar-refractivity contribution in [1.82, 2.24) is 5.32 Å². The molecular weight excluding hydrogens is 297 g/mol. The van der Waals surface area contributed by atoms with Gasteiger partial charge in [0.25, 0.3) is 0 Å². The third-order valence-electron chi connectivity index (χ3n) is 2.36. The van der Waals surface area contributed by atoms with E-state index in [-0.39, 0.29) is 0 Å². The zero-order valence-corrected chi connectivity index (χ0v) is 11.8. The Morgan fingerprint density at radius 3 is 2.40 bits per heavy atom. The number of halogens is 1. The van der Waals surface area contributed by atoms with Gasteiger partial charge in [0.05, 0.1) is 0 Å². The van der Waals surface area contributed by atoms with Crippen molar-refractivity contribution in [3.05, 3.63) is 33.4 Å². The molecule has 0 atom stereocenters. The molecule has 0 radical (unpaired) electrons. The number of aryl methyl sites for hydroxylation is 1. The molecule has 2 heteroatoms. The van der Waals surface area contributed by atoms with E-state index in [0.29, 0.717) is 6.04 Å². The minimum Gasteiger partial charge on any atom is -0.315 e. The molecule has 15 heavy (non-hydrogen) atoms. The van der Waals surface area contributed by atoms with Gasteiger partial charge in [-0.15, -0.1) is 0 Å². The van der Waals surface area contributed by atoms with E-state index in [2.05, 4.69) is 66.0 Å². The van der Waals surface area contributed by atoms with Crippen molar-refractivity contribution < 1.29 is 0 Å². The fourth-order valence-corrected chi connectivity index (χ4v) is 1.86. The van der Waals surface area contributed by atoms with Gasteiger partial charge in [0.15, 0.2) is 0 Å². The summed E-state index contributed by atoms with van der Waals surface area (Å²) in [5, 5.41) is 3.44. The molecule has 1 aromatic carbocycles. The lowest BCUT2D eigenvalue weighted by atomic mass is 10.1. The van der Waals surface area contributed by atoms with E-state index in [1.807, 2.05) is 0 Å². The highest BCUT2D eigenvalue weighted by molar-refractivity contribution is 14.1. The smallest absolute Gasteiger partial charge is 0.0130 e. The summed E-state index contributed by atoms with van der Waals surface area (Å²) in [5.41, 5.74) is 1.46. The van der Waals surface area contributed by atoms with Gasteiger partial charge < -0.3 is 5.32 Å². The van der Waals surface area contributed by atoms with E-state index in [1.54, 1.807) is 0 Å². The molecule has 0 aliphatic heterocycles. The standard InChI is InChI=1S/C13H20IN/c1-11(2)15-10-4-3-5-12-6-8-13(14)9-7-12/h6-9,11,15H,3-5,10H2,1-2H3. The lowest BCUT2D eigenvalue weighted by Gasteiger charge is -2.07. The molecule has 1 aromatic rings. The first-order valence-corrected chi connectivity index (χ1v) is 6.74. The highest BCUT2D eigenvalue weighted by atomic mass is 127. The molecule has 0 fully saturated rings. The summed E-state index contributed by atoms with van der Waals surface area (Å²) in [6.45, 7) is 5.53. The molecule has 0 unspecified atom stereocenters. The minimum atomic E-state index is 0.614. The third-order valence-corrected chi connectivity index (χ3v) is 3.08. The maximum absolute atomic E-state index is 3.44. The molecule has 1 nitrogen and oxygen atoms in total. The van der Waals surface area contributed by atoms with Crippen molar-refractivity contribution in [2.45, 2.75) is 39.2 Å². The number of hydrogen-bond acceptors (Lipinski definition) is 1. The largest absolute Gasteiger partial charge is 0.315 e. The SMILES string of the molecule is CC(C)NCCCCc1ccc(I)cc1. The van der Waals surface area contributed by atoms with Crippen LogP contribution in [-0.4, -0.2) is 12.6 Å². The molecule has 0 bridgehead atoms. The molecule has 1 N–H and O–H groups in total. The minimum absolute atomic E-state index is 0.614. The van der Waals surface area contributed by atoms with Crippen LogP contribution in [-0.2, 0) is 6.42 Å². The monoisotopic (exact) mass is 317 g/mol. The van der Waals surface area contributed by atoms with E-state index in [9.17, 15) is 0 Å². The van der Waals surface area contributed by atoms with Gasteiger partial charge in [0, 0.05) is 9.61 Å². The number of benzene rings is 1. The molecule has 0 saturated heterocycles. The predicted octanol–water partition coefficient (Wildman–Crippen LogP) is 3.61. The van der Waals surface area contributed by atoms with Gasteiger partial charge in [0.2, 0.25) is 0 Å². The Kier molecular flexibility index (Phi) is 6.25. The van der Waals surface area contributed by atoms with Crippen LogP contribution < -0.4 is 5.32 Å². The zero-order valence-electron chi connectivity index (χ0n) is 9.59. The van der Waals surface area contributed by atoms with Crippen LogP contribution in [0.1, 0.15) is 32.3 Å². The van der Waals surface area contributed by atoms with Crippen LogP contribution in [0.2, 0.25) is 0 Å². The van der Waals surface area contributed by atoms with E-state index in [1.165, 1.54) is 28.4 Å². The van der Waals surface area contributed by atoms with E-state index >= 15 is 0 Å². The molecule has 0 spiro atoms. The maximum Gasteiger partial charge on any atom is 0.0130 e. The summed E-state index contributed by atoms with van der Waals surface area (Å²) in [6.07, 6.45) is 3.75. The number of hydrogen-bond donors (Lipinski definition) is 1. The Morgan fingerprint density at radius 1 is 1.13 bits per heavy atom. The van der Waals surface area contributed by atoms with Gasteiger partial charge in [-0.25, -0.2) is 0 Å². The van der Waals surface area contributed by atoms with Crippen LogP contribution >= 0.6 is 22.6 Å². The van der Waals surface area contributed by atoms with E-state index < -0.39 is 0 Å². The quantitative estimate of drug-likeness (QED) is 0.624. The molecular formula is C13H20IN. The van der Waals surface area contributed by atoms with Gasteiger partial charge in [0.1, 0.15) is 0 Å². The van der Waals surface area contributed by atoms with Crippen molar-refractivity contribution in [2.24, 2.45) is 0 Å². The van der Waals surface area contributed by atoms with Crippen molar-refractivity contribution in [3.8, 4) is 0 Å². The predicted molar refractivity (Wildman–Crippen MR) is 75.2 cm³/mol. The van der Waals surface area contributed by atoms with Crippen LogP contribution in [0.5, 0.6) is 0 Å². The molecule has 0 amide bonds. The Balaban J connectivity index is 2.12. The lowest BCUT2D eigenvalue weighted by Crippen LogP contribution is -2.23. The highest BCUT2D eigenvalue weighted by Gasteiger charge is 1.95. The Morgan fingerprint density at radius 2 is 1.80 bits per heavy atom. The Hall–Kier alpha value is -0.0900. The molecule has 0 saturated carbocycles. The molecule has 1 rings (SSSR count). The normalized spacial score (nSPS) is 10.9. The van der Waals surface area contributed by atoms with Crippen LogP contribution in [0.4, 0.5) is 0 Å². The molecule has 84 valence electrons. The summed E-state index contributed by atoms with van der Waals surface area (Å²) in [6, 6.07) is 9.45. The van der Waals surface area contributed by atoms with E-state index in [0.717, 1.165) is 6.54 Å². The second-order valence-corrected chi connectivity index (χ2v) is 5.44. The van der Waals surface area contributed by atoms with Gasteiger partial charge in [-0.05, 0) is 66.1 Å². The molecule has 0 aromatic heterocycles. The van der Waals surface area contributed by atoms with Gasteiger partial charge in [-0.1, -0.05) is 26.0 Å². The summed E-state index contributed by atoms with van der Waals surface area (Å²) >= 11 is 2.34. The maximum atomic E-state index is 3.44. The summed E-state index contributed by atoms with van der Waals surface area (Å²) in [4.78, 5) is 0. The average molecular weight is 317 g/mol. The summed E-state index contributed by atoms with van der Waals surface area (Å²) in [5.74, 6) is 0. The average Bonchev–Trinajstić information content (AvgIpc) is 2.20.